The number of hydrogen-bond donors (Lipinski definition) is 2. The molecule has 7 heteroatoms. The lowest BCUT2D eigenvalue weighted by Gasteiger charge is -2.18. The molecule has 0 heterocycles. The molecule has 0 saturated carbocycles. The van der Waals surface area contributed by atoms with E-state index in [0.29, 0.717) is 26.6 Å². The zero-order valence-electron chi connectivity index (χ0n) is 16.2. The Hall–Kier alpha value is -2.67. The highest BCUT2D eigenvalue weighted by Gasteiger charge is 2.22. The van der Waals surface area contributed by atoms with Crippen LogP contribution in [-0.4, -0.2) is 13.5 Å². The molecule has 0 radical (unpaired) electrons. The monoisotopic (exact) mass is 457 g/mol. The van der Waals surface area contributed by atoms with E-state index in [1.165, 1.54) is 30.0 Å². The Morgan fingerprint density at radius 2 is 1.70 bits per heavy atom. The van der Waals surface area contributed by atoms with E-state index in [-0.39, 0.29) is 16.3 Å². The molecule has 0 aliphatic heterocycles. The number of nitrogens with one attached hydrogen (secondary N) is 1. The number of aromatic hydroxyl groups is 1. The number of anilines is 1. The number of phenolic OH excluding ortho intramolecular Hbond substituents is 1. The van der Waals surface area contributed by atoms with Crippen molar-refractivity contribution in [2.24, 2.45) is 0 Å². The van der Waals surface area contributed by atoms with Gasteiger partial charge in [0.1, 0.15) is 5.75 Å². The van der Waals surface area contributed by atoms with Crippen molar-refractivity contribution in [3.05, 3.63) is 89.5 Å². The first kappa shape index (κ1) is 22.0. The van der Waals surface area contributed by atoms with E-state index in [0.717, 1.165) is 4.90 Å². The highest BCUT2D eigenvalue weighted by molar-refractivity contribution is 7.99. The van der Waals surface area contributed by atoms with E-state index < -0.39 is 10.0 Å². The first-order valence-corrected chi connectivity index (χ1v) is 11.6. The molecular formula is C23H20ClNO3S2. The number of rotatable bonds is 7. The van der Waals surface area contributed by atoms with Crippen LogP contribution in [0.25, 0.3) is 12.2 Å². The van der Waals surface area contributed by atoms with Gasteiger partial charge in [-0.1, -0.05) is 72.9 Å². The molecule has 2 N–H and O–H groups in total. The highest BCUT2D eigenvalue weighted by Crippen LogP contribution is 2.42. The molecule has 0 aliphatic rings. The topological polar surface area (TPSA) is 66.4 Å². The Balaban J connectivity index is 2.13. The van der Waals surface area contributed by atoms with Crippen LogP contribution < -0.4 is 4.72 Å². The SMILES string of the molecule is C=Cc1c(NS(=O)(=O)c2cc(Cl)ccc2C)cc(Sc2ccccc2)c(O)c1C=C. The molecule has 3 aromatic rings. The van der Waals surface area contributed by atoms with Gasteiger partial charge in [-0.15, -0.1) is 0 Å². The van der Waals surface area contributed by atoms with Gasteiger partial charge in [-0.2, -0.15) is 0 Å². The summed E-state index contributed by atoms with van der Waals surface area (Å²) in [6.07, 6.45) is 2.96. The first-order valence-electron chi connectivity index (χ1n) is 8.93. The maximum atomic E-state index is 13.1. The largest absolute Gasteiger partial charge is 0.506 e. The second-order valence-corrected chi connectivity index (χ2v) is 9.64. The number of aryl methyl sites for hydroxylation is 1. The van der Waals surface area contributed by atoms with Crippen LogP contribution >= 0.6 is 23.4 Å². The number of phenols is 1. The van der Waals surface area contributed by atoms with Crippen LogP contribution in [0.5, 0.6) is 5.75 Å². The summed E-state index contributed by atoms with van der Waals surface area (Å²) in [6.45, 7) is 9.22. The van der Waals surface area contributed by atoms with E-state index in [9.17, 15) is 13.5 Å². The molecule has 3 aromatic carbocycles. The molecule has 0 atom stereocenters. The van der Waals surface area contributed by atoms with Crippen molar-refractivity contribution < 1.29 is 13.5 Å². The minimum absolute atomic E-state index is 0.00985. The molecular weight excluding hydrogens is 438 g/mol. The van der Waals surface area contributed by atoms with Gasteiger partial charge in [0.25, 0.3) is 10.0 Å². The van der Waals surface area contributed by atoms with Gasteiger partial charge in [0.15, 0.2) is 0 Å². The fourth-order valence-corrected chi connectivity index (χ4v) is 5.46. The maximum Gasteiger partial charge on any atom is 0.262 e. The molecule has 4 nitrogen and oxygen atoms in total. The van der Waals surface area contributed by atoms with Gasteiger partial charge in [0, 0.05) is 21.0 Å². The Labute approximate surface area is 186 Å². The van der Waals surface area contributed by atoms with Crippen LogP contribution in [0.4, 0.5) is 5.69 Å². The third kappa shape index (κ3) is 4.56. The standard InChI is InChI=1S/C23H20ClNO3S2/c1-4-18-19(5-2)23(26)21(29-17-9-7-6-8-10-17)14-20(18)25-30(27,28)22-13-16(24)12-11-15(22)3/h4-14,25-26H,1-2H2,3H3. The number of hydrogen-bond acceptors (Lipinski definition) is 4. The summed E-state index contributed by atoms with van der Waals surface area (Å²) in [6, 6.07) is 15.7. The van der Waals surface area contributed by atoms with Crippen LogP contribution in [0, 0.1) is 6.92 Å². The molecule has 0 aliphatic carbocycles. The fraction of sp³-hybridized carbons (Fsp3) is 0.0435. The summed E-state index contributed by atoms with van der Waals surface area (Å²) in [7, 11) is -3.93. The zero-order valence-corrected chi connectivity index (χ0v) is 18.6. The van der Waals surface area contributed by atoms with Gasteiger partial charge in [0.05, 0.1) is 15.5 Å². The van der Waals surface area contributed by atoms with Gasteiger partial charge < -0.3 is 5.11 Å². The Bertz CT molecular complexity index is 1220. The molecule has 0 amide bonds. The smallest absolute Gasteiger partial charge is 0.262 e. The van der Waals surface area contributed by atoms with Crippen molar-refractivity contribution >= 4 is 51.2 Å². The molecule has 0 saturated heterocycles. The molecule has 0 fully saturated rings. The van der Waals surface area contributed by atoms with Gasteiger partial charge in [0.2, 0.25) is 0 Å². The minimum Gasteiger partial charge on any atom is -0.506 e. The summed E-state index contributed by atoms with van der Waals surface area (Å²) in [5.74, 6) is 0.00985. The summed E-state index contributed by atoms with van der Waals surface area (Å²) < 4.78 is 28.8. The van der Waals surface area contributed by atoms with Crippen molar-refractivity contribution in [2.45, 2.75) is 21.6 Å². The molecule has 0 spiro atoms. The molecule has 0 bridgehead atoms. The van der Waals surface area contributed by atoms with Gasteiger partial charge in [-0.25, -0.2) is 8.42 Å². The van der Waals surface area contributed by atoms with Crippen molar-refractivity contribution in [2.75, 3.05) is 4.72 Å². The second kappa shape index (κ2) is 9.00. The number of halogens is 1. The minimum atomic E-state index is -3.93. The average molecular weight is 458 g/mol. The van der Waals surface area contributed by atoms with E-state index in [4.69, 9.17) is 11.6 Å². The highest BCUT2D eigenvalue weighted by atomic mass is 35.5. The fourth-order valence-electron chi connectivity index (χ4n) is 2.95. The first-order chi connectivity index (χ1) is 14.3. The Morgan fingerprint density at radius 3 is 2.33 bits per heavy atom. The van der Waals surface area contributed by atoms with Gasteiger partial charge >= 0.3 is 0 Å². The Morgan fingerprint density at radius 1 is 1.03 bits per heavy atom. The lowest BCUT2D eigenvalue weighted by molar-refractivity contribution is 0.461. The summed E-state index contributed by atoms with van der Waals surface area (Å²) in [5, 5.41) is 11.1. The predicted octanol–water partition coefficient (Wildman–Crippen LogP) is 6.59. The van der Waals surface area contributed by atoms with E-state index >= 15 is 0 Å². The molecule has 30 heavy (non-hydrogen) atoms. The summed E-state index contributed by atoms with van der Waals surface area (Å²) >= 11 is 7.33. The van der Waals surface area contributed by atoms with Crippen LogP contribution in [0.3, 0.4) is 0 Å². The van der Waals surface area contributed by atoms with Crippen LogP contribution in [0.1, 0.15) is 16.7 Å². The van der Waals surface area contributed by atoms with E-state index in [1.807, 2.05) is 30.3 Å². The van der Waals surface area contributed by atoms with Crippen molar-refractivity contribution in [3.8, 4) is 5.75 Å². The van der Waals surface area contributed by atoms with Gasteiger partial charge in [-0.05, 0) is 42.8 Å². The van der Waals surface area contributed by atoms with E-state index in [1.54, 1.807) is 25.1 Å². The third-order valence-electron chi connectivity index (χ3n) is 4.41. The maximum absolute atomic E-state index is 13.1. The number of benzene rings is 3. The van der Waals surface area contributed by atoms with Crippen LogP contribution in [0.15, 0.2) is 82.4 Å². The summed E-state index contributed by atoms with van der Waals surface area (Å²) in [4.78, 5) is 1.46. The van der Waals surface area contributed by atoms with E-state index in [2.05, 4.69) is 17.9 Å². The molecule has 154 valence electrons. The average Bonchev–Trinajstić information content (AvgIpc) is 2.72. The quantitative estimate of drug-likeness (QED) is 0.392. The number of sulfonamides is 1. The van der Waals surface area contributed by atoms with Gasteiger partial charge in [-0.3, -0.25) is 4.72 Å². The van der Waals surface area contributed by atoms with Crippen LogP contribution in [0.2, 0.25) is 5.02 Å². The van der Waals surface area contributed by atoms with Crippen molar-refractivity contribution in [1.29, 1.82) is 0 Å². The molecule has 0 unspecified atom stereocenters. The van der Waals surface area contributed by atoms with Crippen LogP contribution in [-0.2, 0) is 10.0 Å². The Kier molecular flexibility index (Phi) is 6.61. The predicted molar refractivity (Wildman–Crippen MR) is 126 cm³/mol. The molecule has 3 rings (SSSR count). The normalized spacial score (nSPS) is 11.1. The van der Waals surface area contributed by atoms with Crippen molar-refractivity contribution in [1.82, 2.24) is 0 Å². The third-order valence-corrected chi connectivity index (χ3v) is 7.19. The second-order valence-electron chi connectivity index (χ2n) is 6.44. The zero-order chi connectivity index (χ0) is 21.9. The van der Waals surface area contributed by atoms with Crippen molar-refractivity contribution in [3.63, 3.8) is 0 Å². The lowest BCUT2D eigenvalue weighted by atomic mass is 10.0. The molecule has 0 aromatic heterocycles. The summed E-state index contributed by atoms with van der Waals surface area (Å²) in [5.41, 5.74) is 1.68. The lowest BCUT2D eigenvalue weighted by Crippen LogP contribution is -2.15.